The monoisotopic (exact) mass is 206 g/mol. The Bertz CT molecular complexity index is 135. The molecule has 0 aromatic heterocycles. The summed E-state index contributed by atoms with van der Waals surface area (Å²) in [6, 6.07) is 0. The highest BCUT2D eigenvalue weighted by Gasteiger charge is 2.00. The van der Waals surface area contributed by atoms with Gasteiger partial charge in [0.25, 0.3) is 0 Å². The van der Waals surface area contributed by atoms with E-state index in [1.54, 1.807) is 0 Å². The SMILES string of the molecule is COC(=O)CCCCCCC(C)Cl. The van der Waals surface area contributed by atoms with E-state index in [4.69, 9.17) is 11.6 Å². The number of alkyl halides is 1. The molecule has 0 aliphatic rings. The fourth-order valence-electron chi connectivity index (χ4n) is 1.15. The van der Waals surface area contributed by atoms with Crippen LogP contribution in [0.15, 0.2) is 0 Å². The summed E-state index contributed by atoms with van der Waals surface area (Å²) in [5, 5.41) is 0.278. The first-order valence-corrected chi connectivity index (χ1v) is 5.31. The van der Waals surface area contributed by atoms with E-state index < -0.39 is 0 Å². The van der Waals surface area contributed by atoms with E-state index in [0.29, 0.717) is 6.42 Å². The minimum absolute atomic E-state index is 0.106. The van der Waals surface area contributed by atoms with Crippen molar-refractivity contribution in [2.45, 2.75) is 50.8 Å². The zero-order chi connectivity index (χ0) is 10.1. The molecule has 0 aliphatic heterocycles. The van der Waals surface area contributed by atoms with Gasteiger partial charge < -0.3 is 4.74 Å². The van der Waals surface area contributed by atoms with Crippen LogP contribution in [0, 0.1) is 0 Å². The van der Waals surface area contributed by atoms with E-state index in [1.807, 2.05) is 6.92 Å². The Kier molecular flexibility index (Phi) is 8.21. The van der Waals surface area contributed by atoms with Gasteiger partial charge in [0, 0.05) is 11.8 Å². The van der Waals surface area contributed by atoms with Gasteiger partial charge in [0.2, 0.25) is 0 Å². The van der Waals surface area contributed by atoms with Crippen LogP contribution < -0.4 is 0 Å². The molecule has 0 aromatic rings. The van der Waals surface area contributed by atoms with E-state index in [-0.39, 0.29) is 11.3 Å². The topological polar surface area (TPSA) is 26.3 Å². The van der Waals surface area contributed by atoms with Crippen molar-refractivity contribution >= 4 is 17.6 Å². The molecule has 0 saturated carbocycles. The lowest BCUT2D eigenvalue weighted by Crippen LogP contribution is -1.99. The molecule has 0 fully saturated rings. The van der Waals surface area contributed by atoms with Crippen LogP contribution in [-0.4, -0.2) is 18.5 Å². The van der Waals surface area contributed by atoms with Crippen LogP contribution in [0.2, 0.25) is 0 Å². The summed E-state index contributed by atoms with van der Waals surface area (Å²) in [7, 11) is 1.43. The number of ether oxygens (including phenoxy) is 1. The molecule has 3 heteroatoms. The van der Waals surface area contributed by atoms with Gasteiger partial charge in [0.05, 0.1) is 7.11 Å². The molecule has 1 atom stereocenters. The fourth-order valence-corrected chi connectivity index (χ4v) is 1.30. The third kappa shape index (κ3) is 9.68. The van der Waals surface area contributed by atoms with Gasteiger partial charge in [0.1, 0.15) is 0 Å². The first-order valence-electron chi connectivity index (χ1n) is 4.87. The predicted molar refractivity (Wildman–Crippen MR) is 55.0 cm³/mol. The fraction of sp³-hybridized carbons (Fsp3) is 0.900. The van der Waals surface area contributed by atoms with Crippen LogP contribution in [0.4, 0.5) is 0 Å². The third-order valence-electron chi connectivity index (χ3n) is 1.96. The average Bonchev–Trinajstić information content (AvgIpc) is 2.10. The predicted octanol–water partition coefficient (Wildman–Crippen LogP) is 3.13. The van der Waals surface area contributed by atoms with Crippen LogP contribution in [0.5, 0.6) is 0 Å². The van der Waals surface area contributed by atoms with Crippen LogP contribution >= 0.6 is 11.6 Å². The smallest absolute Gasteiger partial charge is 0.305 e. The van der Waals surface area contributed by atoms with Crippen LogP contribution in [0.1, 0.15) is 45.4 Å². The van der Waals surface area contributed by atoms with Crippen LogP contribution in [0.3, 0.4) is 0 Å². The van der Waals surface area contributed by atoms with E-state index in [9.17, 15) is 4.79 Å². The van der Waals surface area contributed by atoms with Crippen molar-refractivity contribution in [3.63, 3.8) is 0 Å². The zero-order valence-electron chi connectivity index (χ0n) is 8.51. The Labute approximate surface area is 85.6 Å². The normalized spacial score (nSPS) is 12.5. The largest absolute Gasteiger partial charge is 0.469 e. The number of rotatable bonds is 7. The molecule has 13 heavy (non-hydrogen) atoms. The van der Waals surface area contributed by atoms with Crippen molar-refractivity contribution in [2.75, 3.05) is 7.11 Å². The molecule has 0 N–H and O–H groups in total. The summed E-state index contributed by atoms with van der Waals surface area (Å²) < 4.78 is 4.53. The quantitative estimate of drug-likeness (QED) is 0.364. The second kappa shape index (κ2) is 8.36. The third-order valence-corrected chi connectivity index (χ3v) is 2.18. The molecular formula is C10H19ClO2. The van der Waals surface area contributed by atoms with Gasteiger partial charge >= 0.3 is 5.97 Å². The number of carbonyl (C=O) groups excluding carboxylic acids is 1. The van der Waals surface area contributed by atoms with Gasteiger partial charge in [-0.05, 0) is 19.8 Å². The van der Waals surface area contributed by atoms with Gasteiger partial charge in [0.15, 0.2) is 0 Å². The van der Waals surface area contributed by atoms with E-state index in [1.165, 1.54) is 7.11 Å². The summed E-state index contributed by atoms with van der Waals surface area (Å²) >= 11 is 5.79. The van der Waals surface area contributed by atoms with Gasteiger partial charge in [-0.15, -0.1) is 11.6 Å². The lowest BCUT2D eigenvalue weighted by atomic mass is 10.1. The molecule has 0 saturated heterocycles. The molecule has 0 heterocycles. The Morgan fingerprint density at radius 3 is 2.46 bits per heavy atom. The number of esters is 1. The second-order valence-electron chi connectivity index (χ2n) is 3.31. The van der Waals surface area contributed by atoms with Crippen molar-refractivity contribution in [3.8, 4) is 0 Å². The lowest BCUT2D eigenvalue weighted by molar-refractivity contribution is -0.140. The molecule has 0 spiro atoms. The Hall–Kier alpha value is -0.240. The molecule has 0 amide bonds. The zero-order valence-corrected chi connectivity index (χ0v) is 9.27. The van der Waals surface area contributed by atoms with Crippen LogP contribution in [-0.2, 0) is 9.53 Å². The lowest BCUT2D eigenvalue weighted by Gasteiger charge is -2.02. The maximum atomic E-state index is 10.7. The Balaban J connectivity index is 3.04. The summed E-state index contributed by atoms with van der Waals surface area (Å²) in [5.74, 6) is -0.106. The number of methoxy groups -OCH3 is 1. The molecule has 2 nitrogen and oxygen atoms in total. The minimum atomic E-state index is -0.106. The molecule has 0 bridgehead atoms. The van der Waals surface area contributed by atoms with Gasteiger partial charge in [-0.3, -0.25) is 4.79 Å². The number of unbranched alkanes of at least 4 members (excludes halogenated alkanes) is 3. The molecule has 78 valence electrons. The van der Waals surface area contributed by atoms with E-state index in [0.717, 1.165) is 32.1 Å². The highest BCUT2D eigenvalue weighted by Crippen LogP contribution is 2.10. The first-order chi connectivity index (χ1) is 6.16. The first kappa shape index (κ1) is 12.8. The highest BCUT2D eigenvalue weighted by atomic mass is 35.5. The van der Waals surface area contributed by atoms with Gasteiger partial charge in [-0.25, -0.2) is 0 Å². The summed E-state index contributed by atoms with van der Waals surface area (Å²) in [6.07, 6.45) is 5.97. The van der Waals surface area contributed by atoms with E-state index in [2.05, 4.69) is 4.74 Å². The molecule has 0 radical (unpaired) electrons. The maximum Gasteiger partial charge on any atom is 0.305 e. The van der Waals surface area contributed by atoms with Gasteiger partial charge in [-0.1, -0.05) is 19.3 Å². The molecule has 0 rings (SSSR count). The van der Waals surface area contributed by atoms with Crippen molar-refractivity contribution in [3.05, 3.63) is 0 Å². The Morgan fingerprint density at radius 1 is 1.31 bits per heavy atom. The molecule has 1 unspecified atom stereocenters. The van der Waals surface area contributed by atoms with Gasteiger partial charge in [-0.2, -0.15) is 0 Å². The molecular weight excluding hydrogens is 188 g/mol. The summed E-state index contributed by atoms with van der Waals surface area (Å²) in [4.78, 5) is 10.7. The standard InChI is InChI=1S/C10H19ClO2/c1-9(11)7-5-3-4-6-8-10(12)13-2/h9H,3-8H2,1-2H3. The highest BCUT2D eigenvalue weighted by molar-refractivity contribution is 6.20. The molecule has 0 aliphatic carbocycles. The number of halogens is 1. The van der Waals surface area contributed by atoms with E-state index >= 15 is 0 Å². The summed E-state index contributed by atoms with van der Waals surface area (Å²) in [5.41, 5.74) is 0. The maximum absolute atomic E-state index is 10.7. The van der Waals surface area contributed by atoms with Crippen molar-refractivity contribution in [2.24, 2.45) is 0 Å². The molecule has 0 aromatic carbocycles. The van der Waals surface area contributed by atoms with Crippen molar-refractivity contribution in [1.29, 1.82) is 0 Å². The Morgan fingerprint density at radius 2 is 1.92 bits per heavy atom. The number of carbonyl (C=O) groups is 1. The van der Waals surface area contributed by atoms with Crippen molar-refractivity contribution in [1.82, 2.24) is 0 Å². The number of hydrogen-bond acceptors (Lipinski definition) is 2. The van der Waals surface area contributed by atoms with Crippen molar-refractivity contribution < 1.29 is 9.53 Å². The van der Waals surface area contributed by atoms with Crippen LogP contribution in [0.25, 0.3) is 0 Å². The summed E-state index contributed by atoms with van der Waals surface area (Å²) in [6.45, 7) is 2.01. The minimum Gasteiger partial charge on any atom is -0.469 e. The second-order valence-corrected chi connectivity index (χ2v) is 4.05. The average molecular weight is 207 g/mol. The number of hydrogen-bond donors (Lipinski definition) is 0.